The van der Waals surface area contributed by atoms with Crippen molar-refractivity contribution in [3.05, 3.63) is 60.2 Å². The fourth-order valence-electron chi connectivity index (χ4n) is 3.64. The summed E-state index contributed by atoms with van der Waals surface area (Å²) in [6.45, 7) is 3.54. The quantitative estimate of drug-likeness (QED) is 0.576. The Balaban J connectivity index is 1.35. The van der Waals surface area contributed by atoms with E-state index in [0.717, 1.165) is 34.5 Å². The summed E-state index contributed by atoms with van der Waals surface area (Å²) >= 11 is 1.76. The Morgan fingerprint density at radius 2 is 1.73 bits per heavy atom. The molecular weight excluding hydrogens is 394 g/mol. The molecule has 4 rings (SSSR count). The van der Waals surface area contributed by atoms with E-state index in [1.165, 1.54) is 32.4 Å². The van der Waals surface area contributed by atoms with Gasteiger partial charge in [-0.15, -0.1) is 10.2 Å². The third kappa shape index (κ3) is 5.09. The van der Waals surface area contributed by atoms with E-state index in [1.807, 2.05) is 54.1 Å². The molecule has 7 heteroatoms. The molecule has 0 aliphatic carbocycles. The number of anilines is 1. The molecule has 3 aromatic rings. The van der Waals surface area contributed by atoms with Crippen LogP contribution in [0.4, 0.5) is 5.69 Å². The Labute approximate surface area is 181 Å². The number of likely N-dealkylation sites (tertiary alicyclic amines) is 1. The second kappa shape index (κ2) is 9.91. The van der Waals surface area contributed by atoms with Crippen LogP contribution in [-0.2, 0) is 7.05 Å². The van der Waals surface area contributed by atoms with Gasteiger partial charge < -0.3 is 14.8 Å². The third-order valence-electron chi connectivity index (χ3n) is 5.36. The number of benzene rings is 2. The van der Waals surface area contributed by atoms with Gasteiger partial charge in [0.05, 0.1) is 0 Å². The minimum atomic E-state index is -0.116. The van der Waals surface area contributed by atoms with Gasteiger partial charge in [0.1, 0.15) is 0 Å². The SMILES string of the molecule is Cn1c(SCCN2CCCCC2)nnc1-c1ccc(NC(=O)c2ccccc2)cc1. The number of carbonyl (C=O) groups excluding carboxylic acids is 1. The van der Waals surface area contributed by atoms with Gasteiger partial charge in [-0.1, -0.05) is 36.4 Å². The summed E-state index contributed by atoms with van der Waals surface area (Å²) in [7, 11) is 2.00. The van der Waals surface area contributed by atoms with Crippen molar-refractivity contribution in [2.75, 3.05) is 30.7 Å². The number of hydrogen-bond acceptors (Lipinski definition) is 5. The van der Waals surface area contributed by atoms with E-state index in [2.05, 4.69) is 20.4 Å². The van der Waals surface area contributed by atoms with Crippen LogP contribution < -0.4 is 5.32 Å². The van der Waals surface area contributed by atoms with Gasteiger partial charge in [-0.2, -0.15) is 0 Å². The summed E-state index contributed by atoms with van der Waals surface area (Å²) in [6.07, 6.45) is 4.01. The molecule has 0 radical (unpaired) electrons. The fourth-order valence-corrected chi connectivity index (χ4v) is 4.55. The number of thioether (sulfide) groups is 1. The lowest BCUT2D eigenvalue weighted by Crippen LogP contribution is -2.31. The average molecular weight is 422 g/mol. The van der Waals surface area contributed by atoms with Crippen LogP contribution in [0.5, 0.6) is 0 Å². The van der Waals surface area contributed by atoms with E-state index in [9.17, 15) is 4.79 Å². The van der Waals surface area contributed by atoms with Crippen molar-refractivity contribution in [2.45, 2.75) is 24.4 Å². The number of aromatic nitrogens is 3. The fraction of sp³-hybridized carbons (Fsp3) is 0.348. The predicted octanol–water partition coefficient (Wildman–Crippen LogP) is 4.31. The van der Waals surface area contributed by atoms with Crippen LogP contribution in [0.25, 0.3) is 11.4 Å². The number of piperidine rings is 1. The minimum absolute atomic E-state index is 0.116. The molecule has 156 valence electrons. The minimum Gasteiger partial charge on any atom is -0.322 e. The van der Waals surface area contributed by atoms with Crippen LogP contribution in [0.15, 0.2) is 59.8 Å². The van der Waals surface area contributed by atoms with Crippen LogP contribution in [0.3, 0.4) is 0 Å². The zero-order valence-corrected chi connectivity index (χ0v) is 18.1. The van der Waals surface area contributed by atoms with Crippen LogP contribution in [0, 0.1) is 0 Å². The topological polar surface area (TPSA) is 63.1 Å². The second-order valence-electron chi connectivity index (χ2n) is 7.51. The van der Waals surface area contributed by atoms with Gasteiger partial charge in [-0.3, -0.25) is 4.79 Å². The first kappa shape index (κ1) is 20.6. The Morgan fingerprint density at radius 1 is 1.00 bits per heavy atom. The zero-order chi connectivity index (χ0) is 20.8. The lowest BCUT2D eigenvalue weighted by molar-refractivity contribution is 0.102. The van der Waals surface area contributed by atoms with Gasteiger partial charge in [0.2, 0.25) is 0 Å². The maximum absolute atomic E-state index is 12.3. The van der Waals surface area contributed by atoms with Gasteiger partial charge in [-0.25, -0.2) is 0 Å². The van der Waals surface area contributed by atoms with Gasteiger partial charge in [0.15, 0.2) is 11.0 Å². The Bertz CT molecular complexity index is 965. The Morgan fingerprint density at radius 3 is 2.47 bits per heavy atom. The van der Waals surface area contributed by atoms with Gasteiger partial charge in [0, 0.05) is 36.2 Å². The first-order valence-electron chi connectivity index (χ1n) is 10.4. The first-order valence-corrected chi connectivity index (χ1v) is 11.4. The highest BCUT2D eigenvalue weighted by Gasteiger charge is 2.14. The number of nitrogens with zero attached hydrogens (tertiary/aromatic N) is 4. The molecule has 1 aromatic heterocycles. The number of hydrogen-bond donors (Lipinski definition) is 1. The smallest absolute Gasteiger partial charge is 0.255 e. The largest absolute Gasteiger partial charge is 0.322 e. The number of nitrogens with one attached hydrogen (secondary N) is 1. The normalized spacial score (nSPS) is 14.6. The summed E-state index contributed by atoms with van der Waals surface area (Å²) in [4.78, 5) is 14.8. The molecule has 0 atom stereocenters. The molecule has 2 heterocycles. The molecule has 0 bridgehead atoms. The molecule has 2 aromatic carbocycles. The van der Waals surface area contributed by atoms with E-state index in [1.54, 1.807) is 23.9 Å². The lowest BCUT2D eigenvalue weighted by atomic mass is 10.1. The summed E-state index contributed by atoms with van der Waals surface area (Å²) in [5.41, 5.74) is 2.37. The molecule has 1 amide bonds. The maximum Gasteiger partial charge on any atom is 0.255 e. The van der Waals surface area contributed by atoms with E-state index in [4.69, 9.17) is 0 Å². The zero-order valence-electron chi connectivity index (χ0n) is 17.3. The van der Waals surface area contributed by atoms with Gasteiger partial charge in [-0.05, 0) is 62.3 Å². The average Bonchev–Trinajstić information content (AvgIpc) is 3.16. The van der Waals surface area contributed by atoms with Crippen molar-refractivity contribution in [3.63, 3.8) is 0 Å². The summed E-state index contributed by atoms with van der Waals surface area (Å²) in [5.74, 6) is 1.74. The highest BCUT2D eigenvalue weighted by molar-refractivity contribution is 7.99. The maximum atomic E-state index is 12.3. The highest BCUT2D eigenvalue weighted by atomic mass is 32.2. The molecular formula is C23H27N5OS. The van der Waals surface area contributed by atoms with E-state index in [-0.39, 0.29) is 5.91 Å². The van der Waals surface area contributed by atoms with Crippen LogP contribution in [-0.4, -0.2) is 51.0 Å². The van der Waals surface area contributed by atoms with E-state index < -0.39 is 0 Å². The summed E-state index contributed by atoms with van der Waals surface area (Å²) < 4.78 is 2.04. The van der Waals surface area contributed by atoms with E-state index in [0.29, 0.717) is 5.56 Å². The van der Waals surface area contributed by atoms with Gasteiger partial charge in [0.25, 0.3) is 5.91 Å². The monoisotopic (exact) mass is 421 g/mol. The molecule has 1 fully saturated rings. The molecule has 6 nitrogen and oxygen atoms in total. The summed E-state index contributed by atoms with van der Waals surface area (Å²) in [5, 5.41) is 12.6. The van der Waals surface area contributed by atoms with Gasteiger partial charge >= 0.3 is 0 Å². The predicted molar refractivity (Wildman–Crippen MR) is 122 cm³/mol. The number of carbonyl (C=O) groups is 1. The molecule has 1 aliphatic heterocycles. The van der Waals surface area contributed by atoms with Crippen molar-refractivity contribution in [2.24, 2.45) is 7.05 Å². The van der Waals surface area contributed by atoms with Crippen LogP contribution in [0.1, 0.15) is 29.6 Å². The molecule has 30 heavy (non-hydrogen) atoms. The number of amides is 1. The Hall–Kier alpha value is -2.64. The standard InChI is InChI=1S/C23H27N5OS/c1-27-21(25-26-23(27)30-17-16-28-14-6-3-7-15-28)18-10-12-20(13-11-18)24-22(29)19-8-4-2-5-9-19/h2,4-5,8-13H,3,6-7,14-17H2,1H3,(H,24,29). The lowest BCUT2D eigenvalue weighted by Gasteiger charge is -2.25. The molecule has 1 aliphatic rings. The van der Waals surface area contributed by atoms with Crippen LogP contribution >= 0.6 is 11.8 Å². The van der Waals surface area contributed by atoms with Crippen LogP contribution in [0.2, 0.25) is 0 Å². The van der Waals surface area contributed by atoms with Crippen molar-refractivity contribution >= 4 is 23.4 Å². The molecule has 0 spiro atoms. The second-order valence-corrected chi connectivity index (χ2v) is 8.58. The van der Waals surface area contributed by atoms with E-state index >= 15 is 0 Å². The third-order valence-corrected chi connectivity index (χ3v) is 6.36. The molecule has 0 unspecified atom stereocenters. The van der Waals surface area contributed by atoms with Crippen molar-refractivity contribution < 1.29 is 4.79 Å². The number of rotatable bonds is 7. The molecule has 1 N–H and O–H groups in total. The Kier molecular flexibility index (Phi) is 6.81. The molecule has 0 saturated carbocycles. The first-order chi connectivity index (χ1) is 14.7. The highest BCUT2D eigenvalue weighted by Crippen LogP contribution is 2.24. The molecule has 1 saturated heterocycles. The summed E-state index contributed by atoms with van der Waals surface area (Å²) in [6, 6.07) is 16.9. The van der Waals surface area contributed by atoms with Crippen molar-refractivity contribution in [3.8, 4) is 11.4 Å². The van der Waals surface area contributed by atoms with Crippen molar-refractivity contribution in [1.29, 1.82) is 0 Å². The van der Waals surface area contributed by atoms with Crippen molar-refractivity contribution in [1.82, 2.24) is 19.7 Å².